The first kappa shape index (κ1) is 31.6. The van der Waals surface area contributed by atoms with Gasteiger partial charge in [0.25, 0.3) is 0 Å². The zero-order valence-electron chi connectivity index (χ0n) is 30.8. The van der Waals surface area contributed by atoms with Gasteiger partial charge in [-0.25, -0.2) is 0 Å². The number of hydrogen-bond donors (Lipinski definition) is 0. The second-order valence-electron chi connectivity index (χ2n) is 15.3. The smallest absolute Gasteiger partial charge is 0.143 e. The Hall–Kier alpha value is -6.90. The summed E-state index contributed by atoms with van der Waals surface area (Å²) in [6.45, 7) is 4.75. The van der Waals surface area contributed by atoms with Crippen molar-refractivity contribution < 1.29 is 4.42 Å². The quantitative estimate of drug-likeness (QED) is 0.177. The summed E-state index contributed by atoms with van der Waals surface area (Å²) in [5, 5.41) is 7.06. The molecular weight excluding hydrogens is 667 g/mol. The molecule has 0 unspecified atom stereocenters. The summed E-state index contributed by atoms with van der Waals surface area (Å²) in [7, 11) is 0. The summed E-state index contributed by atoms with van der Waals surface area (Å²) in [4.78, 5) is 2.50. The molecule has 9 aromatic carbocycles. The van der Waals surface area contributed by atoms with E-state index in [0.29, 0.717) is 0 Å². The van der Waals surface area contributed by atoms with E-state index in [0.717, 1.165) is 49.8 Å². The van der Waals surface area contributed by atoms with E-state index >= 15 is 0 Å². The number of furan rings is 1. The average Bonchev–Trinajstić information content (AvgIpc) is 3.73. The lowest BCUT2D eigenvalue weighted by Crippen LogP contribution is -2.21. The number of hydrogen-bond acceptors (Lipinski definition) is 2. The van der Waals surface area contributed by atoms with Crippen LogP contribution in [0.2, 0.25) is 0 Å². The van der Waals surface area contributed by atoms with Crippen LogP contribution in [-0.2, 0) is 5.41 Å². The molecule has 0 fully saturated rings. The van der Waals surface area contributed by atoms with Crippen LogP contribution in [-0.4, -0.2) is 0 Å². The predicted molar refractivity (Wildman–Crippen MR) is 232 cm³/mol. The maximum absolute atomic E-state index is 6.55. The molecule has 0 aliphatic heterocycles. The Morgan fingerprint density at radius 2 is 1.05 bits per heavy atom. The van der Waals surface area contributed by atoms with Gasteiger partial charge in [0, 0.05) is 32.8 Å². The van der Waals surface area contributed by atoms with Crippen LogP contribution in [0.4, 0.5) is 17.1 Å². The highest BCUT2D eigenvalue weighted by atomic mass is 16.3. The van der Waals surface area contributed by atoms with Gasteiger partial charge in [-0.05, 0) is 97.6 Å². The lowest BCUT2D eigenvalue weighted by Gasteiger charge is -2.33. The van der Waals surface area contributed by atoms with Crippen molar-refractivity contribution in [1.82, 2.24) is 0 Å². The monoisotopic (exact) mass is 703 g/mol. The fourth-order valence-electron chi connectivity index (χ4n) is 9.29. The maximum atomic E-state index is 6.55. The Bertz CT molecular complexity index is 3140. The minimum atomic E-state index is -0.208. The molecule has 10 aromatic rings. The summed E-state index contributed by atoms with van der Waals surface area (Å²) in [5.41, 5.74) is 15.1. The number of fused-ring (bicyclic) bond motifs is 9. The first-order valence-corrected chi connectivity index (χ1v) is 19.1. The Morgan fingerprint density at radius 1 is 0.418 bits per heavy atom. The standard InChI is InChI=1S/C53H37NO/c1-53(2)47-25-9-7-22-43(47)44-24-13-27-49(51(44)53)54(38-18-11-17-36(32-38)40-23-12-16-34-14-3-5-19-39(34)40)48-26-10-8-20-41(48)37-29-31-50-46(33-37)45-30-28-35-15-4-6-21-42(35)52(45)55-50/h3-33H,1-2H3. The molecule has 260 valence electrons. The highest BCUT2D eigenvalue weighted by Crippen LogP contribution is 2.55. The van der Waals surface area contributed by atoms with Crippen molar-refractivity contribution in [3.05, 3.63) is 199 Å². The molecule has 2 heteroatoms. The third kappa shape index (κ3) is 4.81. The van der Waals surface area contributed by atoms with Gasteiger partial charge >= 0.3 is 0 Å². The van der Waals surface area contributed by atoms with Crippen molar-refractivity contribution in [2.24, 2.45) is 0 Å². The first-order valence-electron chi connectivity index (χ1n) is 19.1. The molecule has 0 N–H and O–H groups in total. The van der Waals surface area contributed by atoms with E-state index in [4.69, 9.17) is 4.42 Å². The van der Waals surface area contributed by atoms with Crippen LogP contribution in [0.3, 0.4) is 0 Å². The van der Waals surface area contributed by atoms with Crippen molar-refractivity contribution in [3.8, 4) is 33.4 Å². The van der Waals surface area contributed by atoms with Gasteiger partial charge < -0.3 is 9.32 Å². The molecule has 55 heavy (non-hydrogen) atoms. The van der Waals surface area contributed by atoms with E-state index in [9.17, 15) is 0 Å². The molecule has 0 radical (unpaired) electrons. The SMILES string of the molecule is CC1(C)c2ccccc2-c2cccc(N(c3cccc(-c4cccc5ccccc45)c3)c3ccccc3-c3ccc4oc5c6ccccc6ccc5c4c3)c21. The normalized spacial score (nSPS) is 13.1. The molecule has 1 aliphatic carbocycles. The number of benzene rings is 9. The second-order valence-corrected chi connectivity index (χ2v) is 15.3. The number of para-hydroxylation sites is 1. The van der Waals surface area contributed by atoms with Crippen molar-refractivity contribution in [2.45, 2.75) is 19.3 Å². The molecule has 1 aliphatic rings. The summed E-state index contributed by atoms with van der Waals surface area (Å²) < 4.78 is 6.55. The largest absolute Gasteiger partial charge is 0.455 e. The number of nitrogens with zero attached hydrogens (tertiary/aromatic N) is 1. The van der Waals surface area contributed by atoms with Gasteiger partial charge in [-0.15, -0.1) is 0 Å². The Labute approximate surface area is 320 Å². The molecule has 0 spiro atoms. The van der Waals surface area contributed by atoms with Crippen LogP contribution >= 0.6 is 0 Å². The summed E-state index contributed by atoms with van der Waals surface area (Å²) in [6, 6.07) is 68.5. The molecule has 0 bridgehead atoms. The molecule has 0 saturated heterocycles. The van der Waals surface area contributed by atoms with Crippen LogP contribution in [0.25, 0.3) is 76.9 Å². The summed E-state index contributed by atoms with van der Waals surface area (Å²) in [6.07, 6.45) is 0. The van der Waals surface area contributed by atoms with Gasteiger partial charge in [-0.2, -0.15) is 0 Å². The highest BCUT2D eigenvalue weighted by Gasteiger charge is 2.39. The van der Waals surface area contributed by atoms with Gasteiger partial charge in [0.1, 0.15) is 11.2 Å². The number of rotatable bonds is 5. The van der Waals surface area contributed by atoms with Crippen LogP contribution in [0.5, 0.6) is 0 Å². The Morgan fingerprint density at radius 3 is 1.95 bits per heavy atom. The van der Waals surface area contributed by atoms with E-state index in [1.165, 1.54) is 55.2 Å². The second kappa shape index (κ2) is 12.1. The number of anilines is 3. The molecule has 0 amide bonds. The molecule has 0 atom stereocenters. The zero-order chi connectivity index (χ0) is 36.7. The third-order valence-electron chi connectivity index (χ3n) is 11.8. The maximum Gasteiger partial charge on any atom is 0.143 e. The Kier molecular flexibility index (Phi) is 6.93. The van der Waals surface area contributed by atoms with E-state index in [1.54, 1.807) is 0 Å². The van der Waals surface area contributed by atoms with Crippen molar-refractivity contribution >= 4 is 60.5 Å². The van der Waals surface area contributed by atoms with E-state index in [1.807, 2.05) is 0 Å². The van der Waals surface area contributed by atoms with E-state index in [2.05, 4.69) is 207 Å². The molecule has 1 aromatic heterocycles. The average molecular weight is 704 g/mol. The van der Waals surface area contributed by atoms with Crippen LogP contribution in [0.15, 0.2) is 192 Å². The third-order valence-corrected chi connectivity index (χ3v) is 11.8. The first-order chi connectivity index (χ1) is 27.0. The van der Waals surface area contributed by atoms with Crippen molar-refractivity contribution in [3.63, 3.8) is 0 Å². The predicted octanol–water partition coefficient (Wildman–Crippen LogP) is 15.0. The minimum Gasteiger partial charge on any atom is -0.455 e. The van der Waals surface area contributed by atoms with Gasteiger partial charge in [0.15, 0.2) is 0 Å². The lowest BCUT2D eigenvalue weighted by molar-refractivity contribution is 0.661. The van der Waals surface area contributed by atoms with Crippen molar-refractivity contribution in [2.75, 3.05) is 4.90 Å². The molecule has 11 rings (SSSR count). The van der Waals surface area contributed by atoms with Crippen LogP contribution in [0.1, 0.15) is 25.0 Å². The highest BCUT2D eigenvalue weighted by molar-refractivity contribution is 6.15. The van der Waals surface area contributed by atoms with Crippen LogP contribution < -0.4 is 4.90 Å². The molecule has 2 nitrogen and oxygen atoms in total. The van der Waals surface area contributed by atoms with Gasteiger partial charge in [-0.1, -0.05) is 159 Å². The fourth-order valence-corrected chi connectivity index (χ4v) is 9.29. The van der Waals surface area contributed by atoms with E-state index < -0.39 is 0 Å². The van der Waals surface area contributed by atoms with Crippen LogP contribution in [0, 0.1) is 0 Å². The zero-order valence-corrected chi connectivity index (χ0v) is 30.8. The van der Waals surface area contributed by atoms with Gasteiger partial charge in [0.2, 0.25) is 0 Å². The molecular formula is C53H37NO. The topological polar surface area (TPSA) is 16.4 Å². The summed E-state index contributed by atoms with van der Waals surface area (Å²) in [5.74, 6) is 0. The van der Waals surface area contributed by atoms with Gasteiger partial charge in [-0.3, -0.25) is 0 Å². The van der Waals surface area contributed by atoms with E-state index in [-0.39, 0.29) is 5.41 Å². The summed E-state index contributed by atoms with van der Waals surface area (Å²) >= 11 is 0. The Balaban J connectivity index is 1.16. The molecule has 1 heterocycles. The minimum absolute atomic E-state index is 0.208. The van der Waals surface area contributed by atoms with Crippen molar-refractivity contribution in [1.29, 1.82) is 0 Å². The van der Waals surface area contributed by atoms with Gasteiger partial charge in [0.05, 0.1) is 11.4 Å². The fraction of sp³-hybridized carbons (Fsp3) is 0.0566. The lowest BCUT2D eigenvalue weighted by atomic mass is 9.81. The molecule has 0 saturated carbocycles.